The number of imide groups is 1. The Morgan fingerprint density at radius 3 is 2.61 bits per heavy atom. The SMILES string of the molecule is CCN1C(=O)[C@H]2[C@H](CC=C3[C@H](c4ccc(O)c(OC)c4)C4=C(C[C@H]32)C(=O)C(Br)=CC4=O)C1=O. The molecule has 4 aliphatic rings. The van der Waals surface area contributed by atoms with Gasteiger partial charge >= 0.3 is 0 Å². The first-order valence-corrected chi connectivity index (χ1v) is 11.7. The Morgan fingerprint density at radius 2 is 1.91 bits per heavy atom. The molecule has 8 heteroatoms. The number of likely N-dealkylation sites (tertiary alicyclic amines) is 1. The van der Waals surface area contributed by atoms with E-state index in [0.29, 0.717) is 29.7 Å². The van der Waals surface area contributed by atoms with Crippen LogP contribution in [0.3, 0.4) is 0 Å². The van der Waals surface area contributed by atoms with Crippen molar-refractivity contribution in [3.63, 3.8) is 0 Å². The van der Waals surface area contributed by atoms with Crippen LogP contribution in [0.4, 0.5) is 0 Å². The first-order chi connectivity index (χ1) is 15.8. The fourth-order valence-corrected chi connectivity index (χ4v) is 6.28. The number of ether oxygens (including phenoxy) is 1. The Labute approximate surface area is 198 Å². The summed E-state index contributed by atoms with van der Waals surface area (Å²) in [6.45, 7) is 2.09. The van der Waals surface area contributed by atoms with Gasteiger partial charge in [0.2, 0.25) is 11.8 Å². The van der Waals surface area contributed by atoms with Crippen LogP contribution in [0.5, 0.6) is 11.5 Å². The Kier molecular flexibility index (Phi) is 5.16. The normalized spacial score (nSPS) is 28.9. The van der Waals surface area contributed by atoms with Crippen molar-refractivity contribution in [2.75, 3.05) is 13.7 Å². The summed E-state index contributed by atoms with van der Waals surface area (Å²) in [5.74, 6) is -2.64. The van der Waals surface area contributed by atoms with E-state index in [1.54, 1.807) is 19.1 Å². The van der Waals surface area contributed by atoms with Crippen molar-refractivity contribution in [2.24, 2.45) is 17.8 Å². The largest absolute Gasteiger partial charge is 0.504 e. The molecule has 1 heterocycles. The maximum absolute atomic E-state index is 13.2. The second-order valence-corrected chi connectivity index (χ2v) is 9.60. The summed E-state index contributed by atoms with van der Waals surface area (Å²) in [5, 5.41) is 10.1. The minimum absolute atomic E-state index is 0.0376. The van der Waals surface area contributed by atoms with Gasteiger partial charge in [-0.15, -0.1) is 0 Å². The lowest BCUT2D eigenvalue weighted by Crippen LogP contribution is -2.39. The maximum atomic E-state index is 13.2. The van der Waals surface area contributed by atoms with Crippen LogP contribution in [0, 0.1) is 17.8 Å². The fraction of sp³-hybridized carbons (Fsp3) is 0.360. The average Bonchev–Trinajstić information content (AvgIpc) is 3.06. The number of allylic oxidation sites excluding steroid dienone is 6. The van der Waals surface area contributed by atoms with Gasteiger partial charge in [-0.2, -0.15) is 0 Å². The Balaban J connectivity index is 1.71. The Bertz CT molecular complexity index is 1230. The molecule has 0 spiro atoms. The van der Waals surface area contributed by atoms with E-state index >= 15 is 0 Å². The molecule has 1 saturated heterocycles. The lowest BCUT2D eigenvalue weighted by molar-refractivity contribution is -0.139. The molecule has 0 aromatic heterocycles. The molecule has 1 aromatic carbocycles. The molecule has 4 atom stereocenters. The van der Waals surface area contributed by atoms with E-state index in [0.717, 1.165) is 5.57 Å². The summed E-state index contributed by atoms with van der Waals surface area (Å²) in [6, 6.07) is 4.85. The van der Waals surface area contributed by atoms with Crippen molar-refractivity contribution in [2.45, 2.75) is 25.7 Å². The molecule has 33 heavy (non-hydrogen) atoms. The highest BCUT2D eigenvalue weighted by molar-refractivity contribution is 9.12. The van der Waals surface area contributed by atoms with E-state index in [4.69, 9.17) is 4.74 Å². The summed E-state index contributed by atoms with van der Waals surface area (Å²) in [7, 11) is 1.44. The van der Waals surface area contributed by atoms with Crippen molar-refractivity contribution in [1.82, 2.24) is 4.90 Å². The lowest BCUT2D eigenvalue weighted by Gasteiger charge is -2.42. The molecule has 7 nitrogen and oxygen atoms in total. The summed E-state index contributed by atoms with van der Waals surface area (Å²) in [5.41, 5.74) is 2.32. The lowest BCUT2D eigenvalue weighted by atomic mass is 9.59. The van der Waals surface area contributed by atoms with E-state index in [1.807, 2.05) is 6.08 Å². The van der Waals surface area contributed by atoms with E-state index in [2.05, 4.69) is 15.9 Å². The number of ketones is 2. The predicted molar refractivity (Wildman–Crippen MR) is 122 cm³/mol. The van der Waals surface area contributed by atoms with Crippen LogP contribution in [0.25, 0.3) is 0 Å². The van der Waals surface area contributed by atoms with Gasteiger partial charge < -0.3 is 9.84 Å². The number of aromatic hydroxyl groups is 1. The number of rotatable bonds is 3. The van der Waals surface area contributed by atoms with Gasteiger partial charge in [-0.25, -0.2) is 0 Å². The maximum Gasteiger partial charge on any atom is 0.233 e. The minimum Gasteiger partial charge on any atom is -0.504 e. The highest BCUT2D eigenvalue weighted by Gasteiger charge is 2.55. The van der Waals surface area contributed by atoms with Crippen LogP contribution in [0.1, 0.15) is 31.2 Å². The zero-order chi connectivity index (χ0) is 23.6. The number of amides is 2. The molecule has 1 aromatic rings. The molecule has 1 aliphatic heterocycles. The number of methoxy groups -OCH3 is 1. The quantitative estimate of drug-likeness (QED) is 0.380. The summed E-state index contributed by atoms with van der Waals surface area (Å²) in [6.07, 6.45) is 3.90. The molecule has 1 fully saturated rings. The van der Waals surface area contributed by atoms with E-state index in [9.17, 15) is 24.3 Å². The summed E-state index contributed by atoms with van der Waals surface area (Å²) < 4.78 is 5.47. The first-order valence-electron chi connectivity index (χ1n) is 10.9. The van der Waals surface area contributed by atoms with Crippen LogP contribution >= 0.6 is 15.9 Å². The van der Waals surface area contributed by atoms with E-state index in [1.165, 1.54) is 24.2 Å². The van der Waals surface area contributed by atoms with Crippen molar-refractivity contribution < 1.29 is 29.0 Å². The number of nitrogens with zero attached hydrogens (tertiary/aromatic N) is 1. The molecule has 0 radical (unpaired) electrons. The Morgan fingerprint density at radius 1 is 1.15 bits per heavy atom. The van der Waals surface area contributed by atoms with Gasteiger partial charge in [0.15, 0.2) is 23.1 Å². The van der Waals surface area contributed by atoms with Crippen LogP contribution in [0.2, 0.25) is 0 Å². The standard InChI is InChI=1S/C25H22BrNO6/c1-3-27-24(31)13-6-5-12-14(21(13)25(27)32)9-15-22(18(29)10-16(26)23(15)30)20(12)11-4-7-17(28)19(8-11)33-2/h4-5,7-8,10,13-14,20-21,28H,3,6,9H2,1-2H3/t13-,14+,20-,21-/m0/s1. The number of halogens is 1. The highest BCUT2D eigenvalue weighted by atomic mass is 79.9. The van der Waals surface area contributed by atoms with Gasteiger partial charge in [0.25, 0.3) is 0 Å². The minimum atomic E-state index is -0.568. The second kappa shape index (κ2) is 7.80. The average molecular weight is 512 g/mol. The number of benzene rings is 1. The molecule has 0 unspecified atom stereocenters. The van der Waals surface area contributed by atoms with Crippen molar-refractivity contribution in [3.05, 3.63) is 57.1 Å². The second-order valence-electron chi connectivity index (χ2n) is 8.75. The monoisotopic (exact) mass is 511 g/mol. The van der Waals surface area contributed by atoms with Crippen molar-refractivity contribution >= 4 is 39.3 Å². The third kappa shape index (κ3) is 3.07. The molecule has 0 saturated carbocycles. The molecule has 170 valence electrons. The van der Waals surface area contributed by atoms with Gasteiger partial charge in [0.1, 0.15) is 0 Å². The zero-order valence-electron chi connectivity index (χ0n) is 18.1. The van der Waals surface area contributed by atoms with Crippen molar-refractivity contribution in [3.8, 4) is 11.5 Å². The topological polar surface area (TPSA) is 101 Å². The van der Waals surface area contributed by atoms with Gasteiger partial charge in [-0.3, -0.25) is 24.1 Å². The van der Waals surface area contributed by atoms with Gasteiger partial charge in [-0.1, -0.05) is 17.7 Å². The smallest absolute Gasteiger partial charge is 0.233 e. The number of Topliss-reactive ketones (excluding diaryl/α,β-unsaturated/α-hetero) is 1. The van der Waals surface area contributed by atoms with Gasteiger partial charge in [-0.05, 0) is 59.3 Å². The van der Waals surface area contributed by atoms with Crippen LogP contribution in [0.15, 0.2) is 51.6 Å². The fourth-order valence-electron chi connectivity index (χ4n) is 5.84. The van der Waals surface area contributed by atoms with Gasteiger partial charge in [0.05, 0.1) is 23.4 Å². The zero-order valence-corrected chi connectivity index (χ0v) is 19.7. The number of fused-ring (bicyclic) bond motifs is 3. The number of hydrogen-bond acceptors (Lipinski definition) is 6. The molecule has 3 aliphatic carbocycles. The molecular weight excluding hydrogens is 490 g/mol. The molecular formula is C25H22BrNO6. The highest BCUT2D eigenvalue weighted by Crippen LogP contribution is 2.55. The summed E-state index contributed by atoms with van der Waals surface area (Å²) in [4.78, 5) is 53.7. The molecule has 1 N–H and O–H groups in total. The third-order valence-electron chi connectivity index (χ3n) is 7.28. The number of phenols is 1. The molecule has 0 bridgehead atoms. The predicted octanol–water partition coefficient (Wildman–Crippen LogP) is 3.18. The van der Waals surface area contributed by atoms with E-state index in [-0.39, 0.29) is 51.7 Å². The number of hydrogen-bond donors (Lipinski definition) is 1. The first kappa shape index (κ1) is 21.8. The van der Waals surface area contributed by atoms with Crippen LogP contribution < -0.4 is 4.74 Å². The van der Waals surface area contributed by atoms with Crippen molar-refractivity contribution in [1.29, 1.82) is 0 Å². The molecule has 5 rings (SSSR count). The Hall–Kier alpha value is -3.00. The summed E-state index contributed by atoms with van der Waals surface area (Å²) >= 11 is 3.21. The molecule has 2 amide bonds. The van der Waals surface area contributed by atoms with E-state index < -0.39 is 17.8 Å². The van der Waals surface area contributed by atoms with Gasteiger partial charge in [0, 0.05) is 29.7 Å². The number of phenolic OH excluding ortho intramolecular Hbond substituents is 1. The van der Waals surface area contributed by atoms with Crippen LogP contribution in [-0.4, -0.2) is 47.0 Å². The number of carbonyl (C=O) groups is 4. The third-order valence-corrected chi connectivity index (χ3v) is 7.86. The number of carbonyl (C=O) groups excluding carboxylic acids is 4. The van der Waals surface area contributed by atoms with Crippen LogP contribution in [-0.2, 0) is 19.2 Å².